The Hall–Kier alpha value is -5.17. The summed E-state index contributed by atoms with van der Waals surface area (Å²) in [5.74, 6) is 2.81. The number of anilines is 7. The van der Waals surface area contributed by atoms with Gasteiger partial charge < -0.3 is 9.80 Å². The van der Waals surface area contributed by atoms with Gasteiger partial charge in [0.2, 0.25) is 0 Å². The highest BCUT2D eigenvalue weighted by molar-refractivity contribution is 5.88. The Morgan fingerprint density at radius 2 is 1.47 bits per heavy atom. The van der Waals surface area contributed by atoms with Gasteiger partial charge in [-0.15, -0.1) is 0 Å². The molecule has 47 heavy (non-hydrogen) atoms. The van der Waals surface area contributed by atoms with Crippen molar-refractivity contribution in [2.45, 2.75) is 70.7 Å². The molecule has 7 heteroatoms. The van der Waals surface area contributed by atoms with Gasteiger partial charge in [-0.2, -0.15) is 0 Å². The van der Waals surface area contributed by atoms with Crippen LogP contribution >= 0.6 is 0 Å². The Morgan fingerprint density at radius 1 is 0.745 bits per heavy atom. The maximum Gasteiger partial charge on any atom is 0.178 e. The van der Waals surface area contributed by atoms with Crippen LogP contribution in [0.1, 0.15) is 50.3 Å². The molecular weight excluding hydrogens is 578 g/mol. The maximum atomic E-state index is 5.03. The van der Waals surface area contributed by atoms with E-state index in [1.165, 1.54) is 39.3 Å². The molecule has 2 bridgehead atoms. The van der Waals surface area contributed by atoms with Crippen LogP contribution in [0.4, 0.5) is 40.2 Å². The first-order valence-corrected chi connectivity index (χ1v) is 16.9. The fourth-order valence-corrected chi connectivity index (χ4v) is 8.67. The zero-order valence-corrected chi connectivity index (χ0v) is 27.4. The van der Waals surface area contributed by atoms with Crippen LogP contribution in [0.15, 0.2) is 115 Å². The summed E-state index contributed by atoms with van der Waals surface area (Å²) in [7, 11) is 0. The van der Waals surface area contributed by atoms with E-state index in [0.29, 0.717) is 0 Å². The normalized spacial score (nSPS) is 21.9. The number of rotatable bonds is 6. The van der Waals surface area contributed by atoms with Crippen molar-refractivity contribution in [3.8, 4) is 0 Å². The van der Waals surface area contributed by atoms with E-state index < -0.39 is 0 Å². The summed E-state index contributed by atoms with van der Waals surface area (Å²) in [5, 5.41) is 0. The number of nitrogens with zero attached hydrogens (tertiary/aromatic N) is 7. The van der Waals surface area contributed by atoms with Crippen LogP contribution in [0.5, 0.6) is 0 Å². The van der Waals surface area contributed by atoms with E-state index in [9.17, 15) is 0 Å². The van der Waals surface area contributed by atoms with E-state index in [2.05, 4.69) is 138 Å². The number of aromatic nitrogens is 3. The lowest BCUT2D eigenvalue weighted by atomic mass is 9.77. The summed E-state index contributed by atoms with van der Waals surface area (Å²) in [6.07, 6.45) is 11.0. The van der Waals surface area contributed by atoms with Crippen molar-refractivity contribution < 1.29 is 0 Å². The van der Waals surface area contributed by atoms with E-state index in [4.69, 9.17) is 15.0 Å². The molecule has 0 saturated carbocycles. The highest BCUT2D eigenvalue weighted by Crippen LogP contribution is 2.57. The van der Waals surface area contributed by atoms with Gasteiger partial charge in [-0.3, -0.25) is 9.80 Å². The van der Waals surface area contributed by atoms with Crippen molar-refractivity contribution in [1.29, 1.82) is 0 Å². The number of para-hydroxylation sites is 2. The molecule has 0 saturated heterocycles. The van der Waals surface area contributed by atoms with E-state index in [0.717, 1.165) is 42.4 Å². The number of hydrogen-bond acceptors (Lipinski definition) is 7. The predicted octanol–water partition coefficient (Wildman–Crippen LogP) is 8.72. The van der Waals surface area contributed by atoms with Gasteiger partial charge in [-0.1, -0.05) is 61.5 Å². The quantitative estimate of drug-likeness (QED) is 0.177. The topological polar surface area (TPSA) is 51.6 Å². The van der Waals surface area contributed by atoms with Gasteiger partial charge in [0.05, 0.1) is 5.69 Å². The van der Waals surface area contributed by atoms with Crippen LogP contribution in [0.2, 0.25) is 0 Å². The van der Waals surface area contributed by atoms with E-state index >= 15 is 0 Å². The molecule has 3 unspecified atom stereocenters. The summed E-state index contributed by atoms with van der Waals surface area (Å²) in [5.41, 5.74) is 10.1. The van der Waals surface area contributed by atoms with Crippen LogP contribution < -0.4 is 19.6 Å². The van der Waals surface area contributed by atoms with Gasteiger partial charge >= 0.3 is 0 Å². The minimum absolute atomic E-state index is 0.0163. The van der Waals surface area contributed by atoms with Crippen LogP contribution in [0.25, 0.3) is 0 Å². The van der Waals surface area contributed by atoms with Crippen LogP contribution in [0, 0.1) is 6.92 Å². The Morgan fingerprint density at radius 3 is 2.23 bits per heavy atom. The van der Waals surface area contributed by atoms with E-state index in [1.54, 1.807) is 0 Å². The number of fused-ring (bicyclic) bond motifs is 6. The lowest BCUT2D eigenvalue weighted by Gasteiger charge is -2.40. The molecular formula is C40H39N7. The van der Waals surface area contributed by atoms with E-state index in [1.807, 2.05) is 18.6 Å². The van der Waals surface area contributed by atoms with Gasteiger partial charge in [0.15, 0.2) is 17.5 Å². The summed E-state index contributed by atoms with van der Waals surface area (Å²) >= 11 is 0. The molecule has 3 aromatic carbocycles. The highest BCUT2D eigenvalue weighted by atomic mass is 15.5. The van der Waals surface area contributed by atoms with E-state index in [-0.39, 0.29) is 23.8 Å². The third-order valence-electron chi connectivity index (χ3n) is 10.7. The zero-order valence-electron chi connectivity index (χ0n) is 27.4. The Labute approximate surface area is 276 Å². The molecule has 0 fully saturated rings. The second kappa shape index (κ2) is 10.4. The van der Waals surface area contributed by atoms with Gasteiger partial charge in [0.25, 0.3) is 0 Å². The Bertz CT molecular complexity index is 2040. The lowest BCUT2D eigenvalue weighted by Crippen LogP contribution is -2.48. The molecule has 234 valence electrons. The number of hydrogen-bond donors (Lipinski definition) is 0. The SMILES string of the molecule is CCC12C=C(CC3N(c4ccccc4C)c4ncccc4N3C(C)C)C3N(c4ccccc4)c4nccnc4N3c3ccc(cc31)C2. The number of pyridine rings is 1. The van der Waals surface area contributed by atoms with Crippen LogP contribution in [0.3, 0.4) is 0 Å². The first-order chi connectivity index (χ1) is 23.0. The molecule has 2 aromatic heterocycles. The number of allylic oxidation sites excluding steroid dienone is 1. The molecule has 0 spiro atoms. The summed E-state index contributed by atoms with van der Waals surface area (Å²) in [6.45, 7) is 9.16. The first kappa shape index (κ1) is 28.1. The molecule has 1 aliphatic carbocycles. The Balaban J connectivity index is 1.28. The Kier molecular flexibility index (Phi) is 6.23. The van der Waals surface area contributed by atoms with Crippen LogP contribution in [-0.2, 0) is 11.8 Å². The van der Waals surface area contributed by atoms with Gasteiger partial charge in [-0.05, 0) is 92.3 Å². The number of aryl methyl sites for hydroxylation is 1. The molecule has 0 radical (unpaired) electrons. The summed E-state index contributed by atoms with van der Waals surface area (Å²) < 4.78 is 0. The van der Waals surface area contributed by atoms with Crippen molar-refractivity contribution in [2.75, 3.05) is 19.6 Å². The first-order valence-electron chi connectivity index (χ1n) is 16.9. The minimum Gasteiger partial charge on any atom is -0.345 e. The van der Waals surface area contributed by atoms with Gasteiger partial charge in [0.1, 0.15) is 12.3 Å². The smallest absolute Gasteiger partial charge is 0.178 e. The third kappa shape index (κ3) is 4.01. The molecule has 4 aliphatic rings. The van der Waals surface area contributed by atoms with Gasteiger partial charge in [-0.25, -0.2) is 15.0 Å². The largest absolute Gasteiger partial charge is 0.345 e. The molecule has 5 aromatic rings. The second-order valence-electron chi connectivity index (χ2n) is 13.6. The fraction of sp³-hybridized carbons (Fsp3) is 0.275. The van der Waals surface area contributed by atoms with Crippen molar-refractivity contribution in [1.82, 2.24) is 15.0 Å². The fourth-order valence-electron chi connectivity index (χ4n) is 8.67. The average Bonchev–Trinajstić information content (AvgIpc) is 3.69. The van der Waals surface area contributed by atoms with Crippen molar-refractivity contribution in [3.63, 3.8) is 0 Å². The minimum atomic E-state index is -0.129. The summed E-state index contributed by atoms with van der Waals surface area (Å²) in [4.78, 5) is 25.0. The predicted molar refractivity (Wildman–Crippen MR) is 190 cm³/mol. The standard InChI is InChI=1S/C40H39N7/c1-5-40-24-28-17-18-33(31(40)22-28)47-38-37(42-20-21-43-38)45(30-13-7-6-8-14-30)39(47)29(25-40)23-35-44(26(2)3)34-16-11-19-41-36(34)46(35)32-15-10-9-12-27(32)4/h6-22,25-26,35,39H,5,23-24H2,1-4H3. The summed E-state index contributed by atoms with van der Waals surface area (Å²) in [6, 6.07) is 31.1. The average molecular weight is 618 g/mol. The molecule has 7 nitrogen and oxygen atoms in total. The molecule has 5 heterocycles. The molecule has 0 N–H and O–H groups in total. The molecule has 0 amide bonds. The number of benzene rings is 3. The second-order valence-corrected chi connectivity index (χ2v) is 13.6. The monoisotopic (exact) mass is 617 g/mol. The van der Waals surface area contributed by atoms with Crippen LogP contribution in [-0.4, -0.2) is 33.3 Å². The third-order valence-corrected chi connectivity index (χ3v) is 10.7. The van der Waals surface area contributed by atoms with Crippen molar-refractivity contribution in [3.05, 3.63) is 132 Å². The van der Waals surface area contributed by atoms with Gasteiger partial charge in [0, 0.05) is 53.5 Å². The zero-order chi connectivity index (χ0) is 31.9. The van der Waals surface area contributed by atoms with Crippen molar-refractivity contribution >= 4 is 40.2 Å². The molecule has 3 aliphatic heterocycles. The van der Waals surface area contributed by atoms with Crippen molar-refractivity contribution in [2.24, 2.45) is 0 Å². The molecule has 3 atom stereocenters. The maximum absolute atomic E-state index is 5.03. The highest BCUT2D eigenvalue weighted by Gasteiger charge is 2.51. The molecule has 9 rings (SSSR count). The lowest BCUT2D eigenvalue weighted by molar-refractivity contribution is 0.517.